The molecule has 136 valence electrons. The van der Waals surface area contributed by atoms with Gasteiger partial charge in [0.15, 0.2) is 0 Å². The quantitative estimate of drug-likeness (QED) is 0.566. The number of rotatable bonds is 9. The smallest absolute Gasteiger partial charge is 0.0946 e. The number of hydrogen-bond acceptors (Lipinski definition) is 3. The summed E-state index contributed by atoms with van der Waals surface area (Å²) < 4.78 is 1.97. The van der Waals surface area contributed by atoms with Crippen LogP contribution < -0.4 is 0 Å². The Bertz CT molecular complexity index is 772. The number of nitrogens with zero attached hydrogens (tertiary/aromatic N) is 2. The van der Waals surface area contributed by atoms with Crippen LogP contribution >= 0.6 is 11.8 Å². The molecule has 0 saturated carbocycles. The second kappa shape index (κ2) is 9.06. The van der Waals surface area contributed by atoms with Gasteiger partial charge in [0.05, 0.1) is 18.5 Å². The van der Waals surface area contributed by atoms with Gasteiger partial charge in [-0.3, -0.25) is 0 Å². The molecule has 0 fully saturated rings. The Kier molecular flexibility index (Phi) is 6.53. The van der Waals surface area contributed by atoms with E-state index >= 15 is 0 Å². The summed E-state index contributed by atoms with van der Waals surface area (Å²) in [7, 11) is 0. The molecule has 1 atom stereocenters. The molecule has 2 aromatic carbocycles. The topological polar surface area (TPSA) is 38.0 Å². The molecular weight excluding hydrogens is 340 g/mol. The Hall–Kier alpha value is -2.04. The van der Waals surface area contributed by atoms with Gasteiger partial charge in [-0.05, 0) is 36.2 Å². The molecule has 3 aromatic rings. The van der Waals surface area contributed by atoms with Gasteiger partial charge in [0.2, 0.25) is 0 Å². The van der Waals surface area contributed by atoms with E-state index in [9.17, 15) is 5.11 Å². The van der Waals surface area contributed by atoms with Crippen LogP contribution in [0, 0.1) is 0 Å². The molecule has 0 saturated heterocycles. The highest BCUT2D eigenvalue weighted by molar-refractivity contribution is 7.99. The van der Waals surface area contributed by atoms with Gasteiger partial charge < -0.3 is 9.67 Å². The largest absolute Gasteiger partial charge is 0.388 e. The van der Waals surface area contributed by atoms with Crippen LogP contribution in [-0.4, -0.2) is 20.3 Å². The predicted molar refractivity (Wildman–Crippen MR) is 107 cm³/mol. The number of aromatic nitrogens is 2. The SMILES string of the molecule is CCCCC(O)(Cc1ccc(Sc2ccccc2)cc1)Cn1ccnc1. The van der Waals surface area contributed by atoms with Gasteiger partial charge in [-0.1, -0.05) is 61.9 Å². The second-order valence-electron chi connectivity index (χ2n) is 6.80. The Morgan fingerprint density at radius 1 is 1.04 bits per heavy atom. The molecular formula is C22H26N2OS. The molecule has 0 radical (unpaired) electrons. The molecule has 1 N–H and O–H groups in total. The van der Waals surface area contributed by atoms with Crippen LogP contribution in [-0.2, 0) is 13.0 Å². The third kappa shape index (κ3) is 5.48. The maximum Gasteiger partial charge on any atom is 0.0946 e. The standard InChI is InChI=1S/C22H26N2OS/c1-2-3-13-22(25,17-24-15-14-23-18-24)16-19-9-11-21(12-10-19)26-20-7-5-4-6-8-20/h4-12,14-15,18,25H,2-3,13,16-17H2,1H3. The van der Waals surface area contributed by atoms with Crippen LogP contribution in [0.1, 0.15) is 31.7 Å². The molecule has 0 aliphatic rings. The van der Waals surface area contributed by atoms with E-state index < -0.39 is 5.60 Å². The average molecular weight is 367 g/mol. The van der Waals surface area contributed by atoms with Crippen molar-refractivity contribution in [2.75, 3.05) is 0 Å². The molecule has 26 heavy (non-hydrogen) atoms. The fourth-order valence-electron chi connectivity index (χ4n) is 3.13. The van der Waals surface area contributed by atoms with E-state index in [-0.39, 0.29) is 0 Å². The minimum atomic E-state index is -0.745. The summed E-state index contributed by atoms with van der Waals surface area (Å²) in [4.78, 5) is 6.54. The van der Waals surface area contributed by atoms with Gasteiger partial charge >= 0.3 is 0 Å². The number of unbranched alkanes of at least 4 members (excludes halogenated alkanes) is 1. The van der Waals surface area contributed by atoms with Crippen LogP contribution in [0.25, 0.3) is 0 Å². The first-order valence-electron chi connectivity index (χ1n) is 9.17. The number of hydrogen-bond donors (Lipinski definition) is 1. The fraction of sp³-hybridized carbons (Fsp3) is 0.318. The molecule has 1 aromatic heterocycles. The first-order chi connectivity index (χ1) is 12.7. The van der Waals surface area contributed by atoms with Crippen molar-refractivity contribution in [1.29, 1.82) is 0 Å². The van der Waals surface area contributed by atoms with E-state index in [4.69, 9.17) is 0 Å². The lowest BCUT2D eigenvalue weighted by molar-refractivity contribution is 0.0124. The van der Waals surface area contributed by atoms with Crippen molar-refractivity contribution in [3.8, 4) is 0 Å². The molecule has 0 aliphatic carbocycles. The molecule has 0 bridgehead atoms. The molecule has 3 nitrogen and oxygen atoms in total. The van der Waals surface area contributed by atoms with Crippen LogP contribution in [0.5, 0.6) is 0 Å². The minimum Gasteiger partial charge on any atom is -0.388 e. The Balaban J connectivity index is 1.68. The van der Waals surface area contributed by atoms with Gasteiger partial charge in [-0.25, -0.2) is 4.98 Å². The summed E-state index contributed by atoms with van der Waals surface area (Å²) in [6, 6.07) is 18.9. The van der Waals surface area contributed by atoms with E-state index in [1.807, 2.05) is 16.8 Å². The van der Waals surface area contributed by atoms with Crippen LogP contribution in [0.15, 0.2) is 83.1 Å². The van der Waals surface area contributed by atoms with E-state index in [0.717, 1.165) is 19.3 Å². The maximum atomic E-state index is 11.2. The summed E-state index contributed by atoms with van der Waals surface area (Å²) in [5.74, 6) is 0. The van der Waals surface area contributed by atoms with E-state index in [1.165, 1.54) is 15.4 Å². The Labute approximate surface area is 160 Å². The third-order valence-corrected chi connectivity index (χ3v) is 5.48. The van der Waals surface area contributed by atoms with Gasteiger partial charge in [0.1, 0.15) is 0 Å². The molecule has 4 heteroatoms. The highest BCUT2D eigenvalue weighted by Gasteiger charge is 2.27. The molecule has 3 rings (SSSR count). The third-order valence-electron chi connectivity index (χ3n) is 4.47. The van der Waals surface area contributed by atoms with Crippen molar-refractivity contribution in [2.24, 2.45) is 0 Å². The molecule has 1 heterocycles. The minimum absolute atomic E-state index is 0.577. The first kappa shape index (κ1) is 18.7. The first-order valence-corrected chi connectivity index (χ1v) is 9.98. The number of imidazole rings is 1. The van der Waals surface area contributed by atoms with Crippen molar-refractivity contribution >= 4 is 11.8 Å². The van der Waals surface area contributed by atoms with Crippen molar-refractivity contribution < 1.29 is 5.11 Å². The highest BCUT2D eigenvalue weighted by atomic mass is 32.2. The zero-order valence-corrected chi connectivity index (χ0v) is 16.0. The lowest BCUT2D eigenvalue weighted by Crippen LogP contribution is -2.36. The van der Waals surface area contributed by atoms with E-state index in [1.54, 1.807) is 24.3 Å². The molecule has 1 unspecified atom stereocenters. The zero-order chi connectivity index (χ0) is 18.2. The average Bonchev–Trinajstić information content (AvgIpc) is 3.15. The van der Waals surface area contributed by atoms with Gasteiger partial charge in [0, 0.05) is 28.6 Å². The fourth-order valence-corrected chi connectivity index (χ4v) is 3.97. The summed E-state index contributed by atoms with van der Waals surface area (Å²) in [6.07, 6.45) is 9.00. The molecule has 0 amide bonds. The predicted octanol–water partition coefficient (Wildman–Crippen LogP) is 5.20. The normalized spacial score (nSPS) is 13.5. The molecule has 0 spiro atoms. The summed E-state index contributed by atoms with van der Waals surface area (Å²) >= 11 is 1.76. The maximum absolute atomic E-state index is 11.2. The van der Waals surface area contributed by atoms with Crippen molar-refractivity contribution in [2.45, 2.75) is 54.5 Å². The van der Waals surface area contributed by atoms with Crippen LogP contribution in [0.2, 0.25) is 0 Å². The number of aliphatic hydroxyl groups is 1. The summed E-state index contributed by atoms with van der Waals surface area (Å²) in [5, 5.41) is 11.2. The van der Waals surface area contributed by atoms with Gasteiger partial charge in [0.25, 0.3) is 0 Å². The lowest BCUT2D eigenvalue weighted by atomic mass is 9.89. The van der Waals surface area contributed by atoms with Crippen LogP contribution in [0.4, 0.5) is 0 Å². The summed E-state index contributed by atoms with van der Waals surface area (Å²) in [6.45, 7) is 2.74. The van der Waals surface area contributed by atoms with E-state index in [0.29, 0.717) is 13.0 Å². The van der Waals surface area contributed by atoms with Crippen LogP contribution in [0.3, 0.4) is 0 Å². The Morgan fingerprint density at radius 3 is 2.42 bits per heavy atom. The van der Waals surface area contributed by atoms with Crippen molar-refractivity contribution in [1.82, 2.24) is 9.55 Å². The highest BCUT2D eigenvalue weighted by Crippen LogP contribution is 2.29. The monoisotopic (exact) mass is 366 g/mol. The van der Waals surface area contributed by atoms with Gasteiger partial charge in [-0.15, -0.1) is 0 Å². The van der Waals surface area contributed by atoms with Gasteiger partial charge in [-0.2, -0.15) is 0 Å². The Morgan fingerprint density at radius 2 is 1.77 bits per heavy atom. The lowest BCUT2D eigenvalue weighted by Gasteiger charge is -2.29. The molecule has 0 aliphatic heterocycles. The van der Waals surface area contributed by atoms with E-state index in [2.05, 4.69) is 60.4 Å². The summed E-state index contributed by atoms with van der Waals surface area (Å²) in [5.41, 5.74) is 0.422. The zero-order valence-electron chi connectivity index (χ0n) is 15.2. The van der Waals surface area contributed by atoms with Crippen molar-refractivity contribution in [3.05, 3.63) is 78.9 Å². The number of benzene rings is 2. The second-order valence-corrected chi connectivity index (χ2v) is 7.95. The van der Waals surface area contributed by atoms with Crippen molar-refractivity contribution in [3.63, 3.8) is 0 Å².